The lowest BCUT2D eigenvalue weighted by molar-refractivity contribution is 0.0969. The SMILES string of the molecule is CNCc1nc(=S)[nH]c2c1C(=O)CCC2. The average Bonchev–Trinajstić information content (AvgIpc) is 2.17. The van der Waals surface area contributed by atoms with Gasteiger partial charge < -0.3 is 10.3 Å². The van der Waals surface area contributed by atoms with Gasteiger partial charge in [-0.2, -0.15) is 0 Å². The average molecular weight is 223 g/mol. The molecule has 2 rings (SSSR count). The normalized spacial score (nSPS) is 15.1. The molecule has 0 saturated carbocycles. The summed E-state index contributed by atoms with van der Waals surface area (Å²) in [5.41, 5.74) is 2.49. The molecule has 0 aromatic carbocycles. The van der Waals surface area contributed by atoms with Crippen LogP contribution < -0.4 is 5.32 Å². The quantitative estimate of drug-likeness (QED) is 0.744. The minimum absolute atomic E-state index is 0.181. The van der Waals surface area contributed by atoms with Crippen molar-refractivity contribution in [3.63, 3.8) is 0 Å². The number of aromatic nitrogens is 2. The Bertz CT molecular complexity index is 452. The van der Waals surface area contributed by atoms with Gasteiger partial charge in [-0.25, -0.2) is 4.98 Å². The van der Waals surface area contributed by atoms with Crippen LogP contribution in [0.2, 0.25) is 0 Å². The van der Waals surface area contributed by atoms with Crippen molar-refractivity contribution < 1.29 is 4.79 Å². The van der Waals surface area contributed by atoms with Crippen molar-refractivity contribution >= 4 is 18.0 Å². The summed E-state index contributed by atoms with van der Waals surface area (Å²) in [6.45, 7) is 0.590. The maximum atomic E-state index is 11.8. The van der Waals surface area contributed by atoms with Crippen LogP contribution in [0.15, 0.2) is 0 Å². The van der Waals surface area contributed by atoms with E-state index in [1.54, 1.807) is 0 Å². The molecule has 0 unspecified atom stereocenters. The fourth-order valence-corrected chi connectivity index (χ4v) is 2.17. The first-order chi connectivity index (χ1) is 7.22. The van der Waals surface area contributed by atoms with Crippen LogP contribution in [0.1, 0.15) is 34.6 Å². The van der Waals surface area contributed by atoms with Gasteiger partial charge in [0.25, 0.3) is 0 Å². The summed E-state index contributed by atoms with van der Waals surface area (Å²) in [4.78, 5) is 19.0. The number of nitrogens with zero attached hydrogens (tertiary/aromatic N) is 1. The Kier molecular flexibility index (Phi) is 2.93. The molecule has 2 N–H and O–H groups in total. The smallest absolute Gasteiger partial charge is 0.197 e. The molecule has 1 aromatic heterocycles. The zero-order valence-electron chi connectivity index (χ0n) is 8.59. The highest BCUT2D eigenvalue weighted by molar-refractivity contribution is 7.71. The highest BCUT2D eigenvalue weighted by Crippen LogP contribution is 2.21. The Labute approximate surface area is 93.1 Å². The summed E-state index contributed by atoms with van der Waals surface area (Å²) in [5, 5.41) is 3.01. The van der Waals surface area contributed by atoms with Crippen molar-refractivity contribution in [3.8, 4) is 0 Å². The molecule has 15 heavy (non-hydrogen) atoms. The van der Waals surface area contributed by atoms with Crippen LogP contribution in [-0.4, -0.2) is 22.8 Å². The molecule has 0 fully saturated rings. The van der Waals surface area contributed by atoms with Crippen LogP contribution in [0.25, 0.3) is 0 Å². The summed E-state index contributed by atoms with van der Waals surface area (Å²) in [6.07, 6.45) is 2.42. The van der Waals surface area contributed by atoms with Gasteiger partial charge in [-0.05, 0) is 32.1 Å². The number of carbonyl (C=O) groups excluding carboxylic acids is 1. The van der Waals surface area contributed by atoms with Gasteiger partial charge in [-0.3, -0.25) is 4.79 Å². The number of hydrogen-bond donors (Lipinski definition) is 2. The molecule has 0 spiro atoms. The van der Waals surface area contributed by atoms with Crippen LogP contribution in [0.5, 0.6) is 0 Å². The third kappa shape index (κ3) is 1.98. The molecule has 1 heterocycles. The predicted molar refractivity (Wildman–Crippen MR) is 59.5 cm³/mol. The summed E-state index contributed by atoms with van der Waals surface area (Å²) in [7, 11) is 1.83. The second kappa shape index (κ2) is 4.20. The van der Waals surface area contributed by atoms with E-state index in [0.717, 1.165) is 29.8 Å². The summed E-state index contributed by atoms with van der Waals surface area (Å²) >= 11 is 5.03. The fourth-order valence-electron chi connectivity index (χ4n) is 1.93. The topological polar surface area (TPSA) is 57.8 Å². The molecule has 0 bridgehead atoms. The lowest BCUT2D eigenvalue weighted by Crippen LogP contribution is -2.20. The number of hydrogen-bond acceptors (Lipinski definition) is 4. The van der Waals surface area contributed by atoms with Crippen molar-refractivity contribution in [2.24, 2.45) is 0 Å². The first-order valence-corrected chi connectivity index (χ1v) is 5.43. The number of H-pyrrole nitrogens is 1. The van der Waals surface area contributed by atoms with Crippen molar-refractivity contribution in [3.05, 3.63) is 21.7 Å². The lowest BCUT2D eigenvalue weighted by Gasteiger charge is -2.17. The van der Waals surface area contributed by atoms with E-state index >= 15 is 0 Å². The molecule has 1 aromatic rings. The molecule has 0 saturated heterocycles. The van der Waals surface area contributed by atoms with E-state index in [-0.39, 0.29) is 5.78 Å². The molecule has 4 nitrogen and oxygen atoms in total. The van der Waals surface area contributed by atoms with E-state index in [2.05, 4.69) is 15.3 Å². The Morgan fingerprint density at radius 3 is 3.07 bits per heavy atom. The van der Waals surface area contributed by atoms with E-state index in [1.165, 1.54) is 0 Å². The Balaban J connectivity index is 2.58. The minimum atomic E-state index is 0.181. The van der Waals surface area contributed by atoms with Crippen molar-refractivity contribution in [1.82, 2.24) is 15.3 Å². The molecule has 0 atom stereocenters. The van der Waals surface area contributed by atoms with Crippen LogP contribution in [-0.2, 0) is 13.0 Å². The summed E-state index contributed by atoms with van der Waals surface area (Å²) < 4.78 is 0.466. The summed E-state index contributed by atoms with van der Waals surface area (Å²) in [6, 6.07) is 0. The first-order valence-electron chi connectivity index (χ1n) is 5.02. The third-order valence-corrected chi connectivity index (χ3v) is 2.73. The zero-order chi connectivity index (χ0) is 10.8. The highest BCUT2D eigenvalue weighted by Gasteiger charge is 2.21. The zero-order valence-corrected chi connectivity index (χ0v) is 9.41. The van der Waals surface area contributed by atoms with Crippen LogP contribution >= 0.6 is 12.2 Å². The molecule has 0 radical (unpaired) electrons. The van der Waals surface area contributed by atoms with Crippen molar-refractivity contribution in [2.45, 2.75) is 25.8 Å². The number of nitrogens with one attached hydrogen (secondary N) is 2. The predicted octanol–water partition coefficient (Wildman–Crippen LogP) is 1.38. The number of rotatable bonds is 2. The second-order valence-electron chi connectivity index (χ2n) is 3.65. The highest BCUT2D eigenvalue weighted by atomic mass is 32.1. The van der Waals surface area contributed by atoms with Gasteiger partial charge in [0.15, 0.2) is 10.6 Å². The van der Waals surface area contributed by atoms with Gasteiger partial charge in [0, 0.05) is 18.7 Å². The van der Waals surface area contributed by atoms with Gasteiger partial charge in [0.2, 0.25) is 0 Å². The second-order valence-corrected chi connectivity index (χ2v) is 4.04. The van der Waals surface area contributed by atoms with Crippen LogP contribution in [0.3, 0.4) is 0 Å². The molecule has 1 aliphatic rings. The largest absolute Gasteiger partial charge is 0.334 e. The summed E-state index contributed by atoms with van der Waals surface area (Å²) in [5.74, 6) is 0.181. The lowest BCUT2D eigenvalue weighted by atomic mass is 9.93. The molecule has 0 amide bonds. The van der Waals surface area contributed by atoms with Gasteiger partial charge in [0.1, 0.15) is 0 Å². The van der Waals surface area contributed by atoms with E-state index < -0.39 is 0 Å². The van der Waals surface area contributed by atoms with Gasteiger partial charge in [0.05, 0.1) is 11.3 Å². The van der Waals surface area contributed by atoms with Crippen molar-refractivity contribution in [1.29, 1.82) is 0 Å². The van der Waals surface area contributed by atoms with Gasteiger partial charge in [-0.1, -0.05) is 0 Å². The number of aryl methyl sites for hydroxylation is 1. The molecule has 1 aliphatic carbocycles. The van der Waals surface area contributed by atoms with Crippen molar-refractivity contribution in [2.75, 3.05) is 7.05 Å². The van der Waals surface area contributed by atoms with Gasteiger partial charge >= 0.3 is 0 Å². The molecule has 5 heteroatoms. The number of carbonyl (C=O) groups is 1. The van der Waals surface area contributed by atoms with Gasteiger partial charge in [-0.15, -0.1) is 0 Å². The maximum absolute atomic E-state index is 11.8. The fraction of sp³-hybridized carbons (Fsp3) is 0.500. The molecule has 0 aliphatic heterocycles. The van der Waals surface area contributed by atoms with E-state index in [4.69, 9.17) is 12.2 Å². The maximum Gasteiger partial charge on any atom is 0.197 e. The van der Waals surface area contributed by atoms with E-state index in [0.29, 0.717) is 17.7 Å². The third-order valence-electron chi connectivity index (χ3n) is 2.54. The monoisotopic (exact) mass is 223 g/mol. The molecule has 80 valence electrons. The first kappa shape index (κ1) is 10.4. The minimum Gasteiger partial charge on any atom is -0.334 e. The number of Topliss-reactive ketones (excluding diaryl/α,β-unsaturated/α-hetero) is 1. The Morgan fingerprint density at radius 2 is 2.33 bits per heavy atom. The molecular formula is C10H13N3OS. The van der Waals surface area contributed by atoms with Crippen LogP contribution in [0, 0.1) is 4.77 Å². The number of aromatic amines is 1. The Hall–Kier alpha value is -1.07. The van der Waals surface area contributed by atoms with E-state index in [9.17, 15) is 4.79 Å². The number of ketones is 1. The Morgan fingerprint density at radius 1 is 1.53 bits per heavy atom. The number of fused-ring (bicyclic) bond motifs is 1. The molecular weight excluding hydrogens is 210 g/mol. The standard InChI is InChI=1S/C10H13N3OS/c1-11-5-7-9-6(12-10(15)13-7)3-2-4-8(9)14/h11H,2-5H2,1H3,(H,12,13,15). The van der Waals surface area contributed by atoms with Crippen LogP contribution in [0.4, 0.5) is 0 Å². The van der Waals surface area contributed by atoms with E-state index in [1.807, 2.05) is 7.05 Å².